The van der Waals surface area contributed by atoms with Gasteiger partial charge in [-0.1, -0.05) is 4.36 Å². The highest BCUT2D eigenvalue weighted by Crippen LogP contribution is 1.81. The highest BCUT2D eigenvalue weighted by Gasteiger charge is 2.03. The summed E-state index contributed by atoms with van der Waals surface area (Å²) in [6.07, 6.45) is -0.673. The first-order chi connectivity index (χ1) is 4.52. The van der Waals surface area contributed by atoms with E-state index in [1.165, 1.54) is 0 Å². The maximum atomic E-state index is 10.2. The average Bonchev–Trinajstić information content (AvgIpc) is 1.58. The largest absolute Gasteiger partial charge is 0.369 e. The molecule has 10 heavy (non-hydrogen) atoms. The highest BCUT2D eigenvalue weighted by atomic mass is 32.2. The smallest absolute Gasteiger partial charge is 0.319 e. The van der Waals surface area contributed by atoms with Crippen molar-refractivity contribution >= 4 is 22.3 Å². The zero-order chi connectivity index (χ0) is 8.15. The first-order valence-electron chi connectivity index (χ1n) is 2.14. The fraction of sp³-hybridized carbons (Fsp3) is 0.333. The van der Waals surface area contributed by atoms with Gasteiger partial charge in [0, 0.05) is 0 Å². The van der Waals surface area contributed by atoms with Gasteiger partial charge in [-0.05, 0) is 0 Å². The summed E-state index contributed by atoms with van der Waals surface area (Å²) >= 11 is 0. The molecule has 0 saturated carbocycles. The topological polar surface area (TPSA) is 107 Å². The summed E-state index contributed by atoms with van der Waals surface area (Å²) in [6, 6.07) is 0. The van der Waals surface area contributed by atoms with Crippen LogP contribution in [0.2, 0.25) is 0 Å². The molecular formula is C3H4N2O4S. The molecular weight excluding hydrogens is 160 g/mol. The molecule has 0 fully saturated rings. The molecule has 0 aliphatic rings. The van der Waals surface area contributed by atoms with Crippen molar-refractivity contribution in [2.45, 2.75) is 6.42 Å². The number of carbonyl (C=O) groups excluding carboxylic acids is 2. The molecule has 2 amide bonds. The van der Waals surface area contributed by atoms with E-state index in [0.717, 1.165) is 0 Å². The van der Waals surface area contributed by atoms with Gasteiger partial charge in [-0.25, -0.2) is 0 Å². The number of rotatable bonds is 2. The molecule has 56 valence electrons. The van der Waals surface area contributed by atoms with Crippen molar-refractivity contribution in [3.05, 3.63) is 0 Å². The van der Waals surface area contributed by atoms with E-state index in [-0.39, 0.29) is 0 Å². The van der Waals surface area contributed by atoms with E-state index in [1.807, 2.05) is 0 Å². The van der Waals surface area contributed by atoms with Crippen LogP contribution in [0.5, 0.6) is 0 Å². The van der Waals surface area contributed by atoms with Crippen LogP contribution in [0, 0.1) is 0 Å². The standard InChI is InChI=1S/C3H4N2O4S/c4-2(6)1-3(7)5-10(8)9/h1H2,(H2,4,6). The lowest BCUT2D eigenvalue weighted by atomic mass is 10.4. The van der Waals surface area contributed by atoms with Crippen molar-refractivity contribution < 1.29 is 18.0 Å². The number of nitrogens with two attached hydrogens (primary N) is 1. The lowest BCUT2D eigenvalue weighted by molar-refractivity contribution is -0.125. The number of nitrogens with zero attached hydrogens (tertiary/aromatic N) is 1. The third-order valence-corrected chi connectivity index (χ3v) is 0.855. The highest BCUT2D eigenvalue weighted by molar-refractivity contribution is 7.62. The van der Waals surface area contributed by atoms with Gasteiger partial charge in [0.05, 0.1) is 0 Å². The van der Waals surface area contributed by atoms with E-state index in [9.17, 15) is 18.0 Å². The monoisotopic (exact) mass is 164 g/mol. The second-order valence-electron chi connectivity index (χ2n) is 1.35. The Morgan fingerprint density at radius 3 is 2.20 bits per heavy atom. The predicted molar refractivity (Wildman–Crippen MR) is 30.2 cm³/mol. The van der Waals surface area contributed by atoms with E-state index in [0.29, 0.717) is 0 Å². The van der Waals surface area contributed by atoms with Crippen molar-refractivity contribution in [3.8, 4) is 0 Å². The number of hydrogen-bond donors (Lipinski definition) is 1. The van der Waals surface area contributed by atoms with E-state index >= 15 is 0 Å². The fourth-order valence-corrected chi connectivity index (χ4v) is 0.495. The van der Waals surface area contributed by atoms with Gasteiger partial charge in [-0.3, -0.25) is 9.59 Å². The Balaban J connectivity index is 4.14. The molecule has 0 radical (unpaired) electrons. The summed E-state index contributed by atoms with van der Waals surface area (Å²) in [7, 11) is -2.79. The second kappa shape index (κ2) is 3.72. The molecule has 0 bridgehead atoms. The Morgan fingerprint density at radius 1 is 1.40 bits per heavy atom. The third kappa shape index (κ3) is 4.91. The van der Waals surface area contributed by atoms with Crippen molar-refractivity contribution in [2.24, 2.45) is 10.1 Å². The second-order valence-corrected chi connectivity index (χ2v) is 1.96. The van der Waals surface area contributed by atoms with Crippen molar-refractivity contribution in [3.63, 3.8) is 0 Å². The van der Waals surface area contributed by atoms with Crippen LogP contribution in [-0.4, -0.2) is 20.2 Å². The summed E-state index contributed by atoms with van der Waals surface area (Å²) < 4.78 is 21.8. The number of carbonyl (C=O) groups is 2. The Kier molecular flexibility index (Phi) is 3.26. The molecule has 0 aromatic heterocycles. The molecule has 0 aliphatic carbocycles. The van der Waals surface area contributed by atoms with Gasteiger partial charge in [0.25, 0.3) is 5.91 Å². The minimum absolute atomic E-state index is 0.673. The van der Waals surface area contributed by atoms with Crippen LogP contribution in [0.3, 0.4) is 0 Å². The lowest BCUT2D eigenvalue weighted by Crippen LogP contribution is -2.14. The van der Waals surface area contributed by atoms with Crippen LogP contribution >= 0.6 is 0 Å². The fourth-order valence-electron chi connectivity index (χ4n) is 0.264. The minimum atomic E-state index is -2.79. The van der Waals surface area contributed by atoms with Gasteiger partial charge >= 0.3 is 10.5 Å². The Labute approximate surface area is 57.7 Å². The molecule has 0 unspecified atom stereocenters. The van der Waals surface area contributed by atoms with Crippen molar-refractivity contribution in [1.82, 2.24) is 0 Å². The summed E-state index contributed by atoms with van der Waals surface area (Å²) in [5.41, 5.74) is 4.55. The van der Waals surface area contributed by atoms with Gasteiger partial charge in [0.2, 0.25) is 5.91 Å². The van der Waals surface area contributed by atoms with Crippen LogP contribution in [0.4, 0.5) is 0 Å². The third-order valence-electron chi connectivity index (χ3n) is 0.502. The average molecular weight is 164 g/mol. The van der Waals surface area contributed by atoms with E-state index in [1.54, 1.807) is 0 Å². The Morgan fingerprint density at radius 2 is 1.90 bits per heavy atom. The minimum Gasteiger partial charge on any atom is -0.369 e. The molecule has 0 rings (SSSR count). The van der Waals surface area contributed by atoms with Crippen molar-refractivity contribution in [2.75, 3.05) is 0 Å². The normalized spacial score (nSPS) is 8.40. The Hall–Kier alpha value is -1.24. The predicted octanol–water partition coefficient (Wildman–Crippen LogP) is -1.55. The molecule has 7 heteroatoms. The van der Waals surface area contributed by atoms with Crippen LogP contribution in [0.1, 0.15) is 6.42 Å². The lowest BCUT2D eigenvalue weighted by Gasteiger charge is -1.82. The van der Waals surface area contributed by atoms with Gasteiger partial charge in [0.1, 0.15) is 6.42 Å². The molecule has 0 spiro atoms. The number of primary amides is 1. The molecule has 0 aromatic rings. The van der Waals surface area contributed by atoms with Crippen LogP contribution < -0.4 is 5.73 Å². The molecule has 0 atom stereocenters. The first kappa shape index (κ1) is 8.76. The molecule has 2 N–H and O–H groups in total. The van der Waals surface area contributed by atoms with Gasteiger partial charge < -0.3 is 5.73 Å². The van der Waals surface area contributed by atoms with E-state index in [4.69, 9.17) is 0 Å². The number of amides is 2. The molecule has 0 aromatic carbocycles. The molecule has 0 heterocycles. The summed E-state index contributed by atoms with van der Waals surface area (Å²) in [4.78, 5) is 20.1. The molecule has 0 aliphatic heterocycles. The summed E-state index contributed by atoms with van der Waals surface area (Å²) in [5, 5.41) is 0. The molecule has 0 saturated heterocycles. The van der Waals surface area contributed by atoms with Gasteiger partial charge in [-0.2, -0.15) is 8.42 Å². The summed E-state index contributed by atoms with van der Waals surface area (Å²) in [5.74, 6) is -1.96. The van der Waals surface area contributed by atoms with Gasteiger partial charge in [0.15, 0.2) is 0 Å². The zero-order valence-corrected chi connectivity index (χ0v) is 5.59. The van der Waals surface area contributed by atoms with E-state index < -0.39 is 28.7 Å². The maximum Gasteiger partial charge on any atom is 0.319 e. The van der Waals surface area contributed by atoms with Crippen LogP contribution in [0.15, 0.2) is 4.36 Å². The Bertz CT molecular complexity index is 269. The van der Waals surface area contributed by atoms with E-state index in [2.05, 4.69) is 10.1 Å². The van der Waals surface area contributed by atoms with Gasteiger partial charge in [-0.15, -0.1) is 0 Å². The van der Waals surface area contributed by atoms with Crippen molar-refractivity contribution in [1.29, 1.82) is 0 Å². The van der Waals surface area contributed by atoms with Crippen LogP contribution in [-0.2, 0) is 20.1 Å². The van der Waals surface area contributed by atoms with Crippen LogP contribution in [0.25, 0.3) is 0 Å². The maximum absolute atomic E-state index is 10.2. The number of hydrogen-bond acceptors (Lipinski definition) is 4. The summed E-state index contributed by atoms with van der Waals surface area (Å²) in [6.45, 7) is 0. The SMILES string of the molecule is NC(=O)CC(=O)N=S(=O)=O. The zero-order valence-electron chi connectivity index (χ0n) is 4.77. The first-order valence-corrected chi connectivity index (χ1v) is 3.18. The quantitative estimate of drug-likeness (QED) is 0.498. The molecule has 6 nitrogen and oxygen atoms in total.